The predicted octanol–water partition coefficient (Wildman–Crippen LogP) is 2.99. The van der Waals surface area contributed by atoms with E-state index in [1.165, 1.54) is 11.1 Å². The van der Waals surface area contributed by atoms with Gasteiger partial charge in [-0.1, -0.05) is 30.3 Å². The SMILES string of the molecule is Cc1ccccc1CC1OC(=O)c2cc(N3CCC(N)C3)ccc21. The number of anilines is 1. The summed E-state index contributed by atoms with van der Waals surface area (Å²) in [6, 6.07) is 14.6. The van der Waals surface area contributed by atoms with Crippen LogP contribution in [0.3, 0.4) is 0 Å². The standard InChI is InChI=1S/C20H22N2O2/c1-13-4-2-3-5-14(13)10-19-17-7-6-16(11-18(17)20(23)24-19)22-9-8-15(21)12-22/h2-7,11,15,19H,8-10,12,21H2,1H3. The van der Waals surface area contributed by atoms with Gasteiger partial charge in [0.1, 0.15) is 6.10 Å². The van der Waals surface area contributed by atoms with E-state index in [2.05, 4.69) is 30.0 Å². The number of cyclic esters (lactones) is 1. The van der Waals surface area contributed by atoms with Gasteiger partial charge in [-0.25, -0.2) is 4.79 Å². The van der Waals surface area contributed by atoms with E-state index < -0.39 is 0 Å². The molecule has 24 heavy (non-hydrogen) atoms. The third kappa shape index (κ3) is 2.67. The highest BCUT2D eigenvalue weighted by atomic mass is 16.5. The van der Waals surface area contributed by atoms with Crippen molar-refractivity contribution in [2.45, 2.75) is 31.9 Å². The Balaban J connectivity index is 1.60. The lowest BCUT2D eigenvalue weighted by molar-refractivity contribution is 0.0387. The van der Waals surface area contributed by atoms with Crippen LogP contribution in [-0.4, -0.2) is 25.1 Å². The molecule has 1 saturated heterocycles. The number of carbonyl (C=O) groups excluding carboxylic acids is 1. The van der Waals surface area contributed by atoms with Crippen molar-refractivity contribution in [3.63, 3.8) is 0 Å². The van der Waals surface area contributed by atoms with Gasteiger partial charge in [-0.15, -0.1) is 0 Å². The van der Waals surface area contributed by atoms with Crippen molar-refractivity contribution in [2.24, 2.45) is 5.73 Å². The Bertz CT molecular complexity index is 787. The maximum Gasteiger partial charge on any atom is 0.339 e. The monoisotopic (exact) mass is 322 g/mol. The first-order valence-corrected chi connectivity index (χ1v) is 8.52. The number of nitrogens with two attached hydrogens (primary N) is 1. The van der Waals surface area contributed by atoms with Gasteiger partial charge >= 0.3 is 5.97 Å². The molecule has 2 aliphatic rings. The molecule has 4 heteroatoms. The van der Waals surface area contributed by atoms with Crippen LogP contribution in [0.4, 0.5) is 5.69 Å². The maximum atomic E-state index is 12.3. The van der Waals surface area contributed by atoms with Gasteiger partial charge in [0, 0.05) is 36.8 Å². The smallest absolute Gasteiger partial charge is 0.339 e. The van der Waals surface area contributed by atoms with Gasteiger partial charge in [0.2, 0.25) is 0 Å². The average molecular weight is 322 g/mol. The number of ether oxygens (including phenoxy) is 1. The van der Waals surface area contributed by atoms with Gasteiger partial charge in [0.05, 0.1) is 5.56 Å². The van der Waals surface area contributed by atoms with Gasteiger partial charge in [-0.05, 0) is 36.6 Å². The van der Waals surface area contributed by atoms with E-state index in [0.717, 1.165) is 37.2 Å². The molecule has 2 heterocycles. The van der Waals surface area contributed by atoms with E-state index >= 15 is 0 Å². The number of aryl methyl sites for hydroxylation is 1. The molecule has 2 N–H and O–H groups in total. The number of rotatable bonds is 3. The number of fused-ring (bicyclic) bond motifs is 1. The van der Waals surface area contributed by atoms with Crippen LogP contribution in [0.1, 0.15) is 39.6 Å². The first kappa shape index (κ1) is 15.2. The third-order valence-corrected chi connectivity index (χ3v) is 5.11. The number of hydrogen-bond acceptors (Lipinski definition) is 4. The van der Waals surface area contributed by atoms with Gasteiger partial charge < -0.3 is 15.4 Å². The summed E-state index contributed by atoms with van der Waals surface area (Å²) in [5.74, 6) is -0.214. The summed E-state index contributed by atoms with van der Waals surface area (Å²) in [5, 5.41) is 0. The third-order valence-electron chi connectivity index (χ3n) is 5.11. The number of nitrogens with zero attached hydrogens (tertiary/aromatic N) is 1. The van der Waals surface area contributed by atoms with E-state index in [9.17, 15) is 4.79 Å². The van der Waals surface area contributed by atoms with Crippen molar-refractivity contribution in [3.8, 4) is 0 Å². The van der Waals surface area contributed by atoms with E-state index in [1.54, 1.807) is 0 Å². The van der Waals surface area contributed by atoms with E-state index in [-0.39, 0.29) is 18.1 Å². The van der Waals surface area contributed by atoms with Crippen LogP contribution >= 0.6 is 0 Å². The molecular weight excluding hydrogens is 300 g/mol. The molecule has 2 aromatic rings. The van der Waals surface area contributed by atoms with Gasteiger partial charge in [0.15, 0.2) is 0 Å². The Morgan fingerprint density at radius 3 is 2.83 bits per heavy atom. The first-order valence-electron chi connectivity index (χ1n) is 8.52. The highest BCUT2D eigenvalue weighted by molar-refractivity contribution is 5.95. The van der Waals surface area contributed by atoms with E-state index in [4.69, 9.17) is 10.5 Å². The van der Waals surface area contributed by atoms with E-state index in [0.29, 0.717) is 5.56 Å². The zero-order chi connectivity index (χ0) is 16.7. The maximum absolute atomic E-state index is 12.3. The lowest BCUT2D eigenvalue weighted by atomic mass is 9.96. The number of benzene rings is 2. The molecule has 2 aromatic carbocycles. The molecule has 0 aromatic heterocycles. The Labute approximate surface area is 142 Å². The van der Waals surface area contributed by atoms with Crippen molar-refractivity contribution in [1.82, 2.24) is 0 Å². The van der Waals surface area contributed by atoms with Crippen molar-refractivity contribution in [1.29, 1.82) is 0 Å². The predicted molar refractivity (Wildman–Crippen MR) is 94.3 cm³/mol. The van der Waals surface area contributed by atoms with Gasteiger partial charge in [-0.2, -0.15) is 0 Å². The second-order valence-electron chi connectivity index (χ2n) is 6.79. The quantitative estimate of drug-likeness (QED) is 0.883. The zero-order valence-corrected chi connectivity index (χ0v) is 13.9. The van der Waals surface area contributed by atoms with Crippen molar-refractivity contribution >= 4 is 11.7 Å². The van der Waals surface area contributed by atoms with Crippen molar-refractivity contribution in [3.05, 3.63) is 64.7 Å². The summed E-state index contributed by atoms with van der Waals surface area (Å²) in [6.07, 6.45) is 1.53. The molecule has 0 aliphatic carbocycles. The average Bonchev–Trinajstić information content (AvgIpc) is 3.14. The zero-order valence-electron chi connectivity index (χ0n) is 13.9. The number of hydrogen-bond donors (Lipinski definition) is 1. The van der Waals surface area contributed by atoms with Crippen LogP contribution in [0.25, 0.3) is 0 Å². The molecule has 0 bridgehead atoms. The second-order valence-corrected chi connectivity index (χ2v) is 6.79. The normalized spacial score (nSPS) is 22.6. The summed E-state index contributed by atoms with van der Waals surface area (Å²) in [4.78, 5) is 14.6. The Morgan fingerprint density at radius 2 is 2.08 bits per heavy atom. The summed E-state index contributed by atoms with van der Waals surface area (Å²) in [5.41, 5.74) is 11.2. The van der Waals surface area contributed by atoms with Gasteiger partial charge in [-0.3, -0.25) is 0 Å². The minimum Gasteiger partial charge on any atom is -0.454 e. The Hall–Kier alpha value is -2.33. The lowest BCUT2D eigenvalue weighted by Crippen LogP contribution is -2.26. The van der Waals surface area contributed by atoms with E-state index in [1.807, 2.05) is 24.3 Å². The van der Waals surface area contributed by atoms with Crippen LogP contribution < -0.4 is 10.6 Å². The van der Waals surface area contributed by atoms with Gasteiger partial charge in [0.25, 0.3) is 0 Å². The van der Waals surface area contributed by atoms with Crippen molar-refractivity contribution < 1.29 is 9.53 Å². The minimum absolute atomic E-state index is 0.191. The molecule has 0 amide bonds. The molecule has 0 saturated carbocycles. The minimum atomic E-state index is -0.214. The highest BCUT2D eigenvalue weighted by Crippen LogP contribution is 2.36. The van der Waals surface area contributed by atoms with Crippen LogP contribution in [0.2, 0.25) is 0 Å². The second kappa shape index (κ2) is 5.95. The highest BCUT2D eigenvalue weighted by Gasteiger charge is 2.32. The summed E-state index contributed by atoms with van der Waals surface area (Å²) >= 11 is 0. The summed E-state index contributed by atoms with van der Waals surface area (Å²) in [6.45, 7) is 3.88. The fourth-order valence-electron chi connectivity index (χ4n) is 3.67. The molecule has 0 spiro atoms. The molecule has 2 aliphatic heterocycles. The summed E-state index contributed by atoms with van der Waals surface area (Å²) in [7, 11) is 0. The molecule has 2 atom stereocenters. The molecule has 0 radical (unpaired) electrons. The lowest BCUT2D eigenvalue weighted by Gasteiger charge is -2.19. The van der Waals surface area contributed by atoms with Crippen LogP contribution in [-0.2, 0) is 11.2 Å². The first-order chi connectivity index (χ1) is 11.6. The molecule has 4 rings (SSSR count). The molecular formula is C20H22N2O2. The van der Waals surface area contributed by atoms with Crippen LogP contribution in [0, 0.1) is 6.92 Å². The van der Waals surface area contributed by atoms with Crippen molar-refractivity contribution in [2.75, 3.05) is 18.0 Å². The number of carbonyl (C=O) groups is 1. The van der Waals surface area contributed by atoms with Crippen LogP contribution in [0.5, 0.6) is 0 Å². The fourth-order valence-corrected chi connectivity index (χ4v) is 3.67. The largest absolute Gasteiger partial charge is 0.454 e. The molecule has 2 unspecified atom stereocenters. The Kier molecular flexibility index (Phi) is 3.77. The topological polar surface area (TPSA) is 55.6 Å². The van der Waals surface area contributed by atoms with Crippen LogP contribution in [0.15, 0.2) is 42.5 Å². The Morgan fingerprint density at radius 1 is 1.25 bits per heavy atom. The number of esters is 1. The fraction of sp³-hybridized carbons (Fsp3) is 0.350. The molecule has 4 nitrogen and oxygen atoms in total. The molecule has 1 fully saturated rings. The summed E-state index contributed by atoms with van der Waals surface area (Å²) < 4.78 is 5.65. The molecule has 124 valence electrons.